The molecule has 0 saturated heterocycles. The zero-order valence-electron chi connectivity index (χ0n) is 12.0. The molecule has 106 valence electrons. The molecule has 1 aromatic rings. The van der Waals surface area contributed by atoms with Gasteiger partial charge in [0.05, 0.1) is 12.7 Å². The molecule has 1 fully saturated rings. The Morgan fingerprint density at radius 2 is 1.84 bits per heavy atom. The van der Waals surface area contributed by atoms with Crippen LogP contribution in [-0.2, 0) is 0 Å². The molecule has 1 aliphatic carbocycles. The van der Waals surface area contributed by atoms with Crippen molar-refractivity contribution < 1.29 is 9.84 Å². The molecule has 0 aliphatic heterocycles. The van der Waals surface area contributed by atoms with Crippen molar-refractivity contribution in [3.05, 3.63) is 29.8 Å². The van der Waals surface area contributed by atoms with Crippen LogP contribution in [0, 0.1) is 5.92 Å². The minimum Gasteiger partial charge on any atom is -0.494 e. The summed E-state index contributed by atoms with van der Waals surface area (Å²) in [5.74, 6) is 1.28. The van der Waals surface area contributed by atoms with E-state index in [0.29, 0.717) is 12.5 Å². The number of hydrogen-bond donors (Lipinski definition) is 1. The Hall–Kier alpha value is -1.02. The van der Waals surface area contributed by atoms with Gasteiger partial charge in [0.25, 0.3) is 0 Å². The van der Waals surface area contributed by atoms with Gasteiger partial charge in [0, 0.05) is 0 Å². The molecule has 0 heterocycles. The van der Waals surface area contributed by atoms with E-state index in [4.69, 9.17) is 4.74 Å². The lowest BCUT2D eigenvalue weighted by Crippen LogP contribution is -2.14. The molecule has 1 aliphatic rings. The van der Waals surface area contributed by atoms with Crippen molar-refractivity contribution in [3.63, 3.8) is 0 Å². The number of ether oxygens (including phenoxy) is 1. The average molecular weight is 262 g/mol. The standard InChI is InChI=1S/C17H26O2/c1-2-19-16-12-8-11-15(13-16)17(18)14-9-6-4-3-5-7-10-14/h8,11-14,17-18H,2-7,9-10H2,1H3. The van der Waals surface area contributed by atoms with E-state index in [9.17, 15) is 5.11 Å². The number of aliphatic hydroxyl groups excluding tert-OH is 1. The highest BCUT2D eigenvalue weighted by atomic mass is 16.5. The van der Waals surface area contributed by atoms with E-state index in [2.05, 4.69) is 0 Å². The third-order valence-corrected chi connectivity index (χ3v) is 4.11. The van der Waals surface area contributed by atoms with Crippen LogP contribution in [0.1, 0.15) is 63.5 Å². The van der Waals surface area contributed by atoms with Gasteiger partial charge in [0.15, 0.2) is 0 Å². The zero-order chi connectivity index (χ0) is 13.5. The van der Waals surface area contributed by atoms with Gasteiger partial charge in [-0.05, 0) is 43.4 Å². The van der Waals surface area contributed by atoms with Crippen LogP contribution in [0.3, 0.4) is 0 Å². The molecule has 0 aromatic heterocycles. The topological polar surface area (TPSA) is 29.5 Å². The zero-order valence-corrected chi connectivity index (χ0v) is 12.0. The average Bonchev–Trinajstić information content (AvgIpc) is 2.38. The molecular weight excluding hydrogens is 236 g/mol. The second kappa shape index (κ2) is 7.54. The van der Waals surface area contributed by atoms with Crippen molar-refractivity contribution in [3.8, 4) is 5.75 Å². The highest BCUT2D eigenvalue weighted by Gasteiger charge is 2.21. The van der Waals surface area contributed by atoms with Gasteiger partial charge in [0.2, 0.25) is 0 Å². The molecular formula is C17H26O2. The van der Waals surface area contributed by atoms with Crippen LogP contribution in [0.4, 0.5) is 0 Å². The van der Waals surface area contributed by atoms with Crippen LogP contribution in [0.15, 0.2) is 24.3 Å². The normalized spacial score (nSPS) is 19.5. The van der Waals surface area contributed by atoms with Crippen LogP contribution < -0.4 is 4.74 Å². The second-order valence-corrected chi connectivity index (χ2v) is 5.56. The van der Waals surface area contributed by atoms with E-state index in [1.807, 2.05) is 31.2 Å². The maximum Gasteiger partial charge on any atom is 0.119 e. The SMILES string of the molecule is CCOc1cccc(C(O)C2CCCCCCC2)c1. The summed E-state index contributed by atoms with van der Waals surface area (Å²) < 4.78 is 5.52. The van der Waals surface area contributed by atoms with E-state index in [1.165, 1.54) is 32.1 Å². The third kappa shape index (κ3) is 4.24. The van der Waals surface area contributed by atoms with Gasteiger partial charge >= 0.3 is 0 Å². The first-order valence-corrected chi connectivity index (χ1v) is 7.72. The molecule has 19 heavy (non-hydrogen) atoms. The van der Waals surface area contributed by atoms with Gasteiger partial charge in [-0.15, -0.1) is 0 Å². The van der Waals surface area contributed by atoms with Crippen LogP contribution >= 0.6 is 0 Å². The summed E-state index contributed by atoms with van der Waals surface area (Å²) >= 11 is 0. The Bertz CT molecular complexity index is 367. The Morgan fingerprint density at radius 1 is 1.16 bits per heavy atom. The highest BCUT2D eigenvalue weighted by molar-refractivity contribution is 5.30. The predicted molar refractivity (Wildman–Crippen MR) is 78.4 cm³/mol. The molecule has 2 rings (SSSR count). The van der Waals surface area contributed by atoms with Crippen LogP contribution in [0.5, 0.6) is 5.75 Å². The number of benzene rings is 1. The molecule has 0 bridgehead atoms. The number of aliphatic hydroxyl groups is 1. The van der Waals surface area contributed by atoms with Crippen molar-refractivity contribution in [1.82, 2.24) is 0 Å². The van der Waals surface area contributed by atoms with E-state index < -0.39 is 0 Å². The van der Waals surface area contributed by atoms with Crippen molar-refractivity contribution in [1.29, 1.82) is 0 Å². The molecule has 2 nitrogen and oxygen atoms in total. The summed E-state index contributed by atoms with van der Waals surface area (Å²) in [5.41, 5.74) is 1.01. The summed E-state index contributed by atoms with van der Waals surface area (Å²) in [7, 11) is 0. The minimum atomic E-state index is -0.335. The third-order valence-electron chi connectivity index (χ3n) is 4.11. The quantitative estimate of drug-likeness (QED) is 0.867. The maximum absolute atomic E-state index is 10.6. The molecule has 0 amide bonds. The van der Waals surface area contributed by atoms with Crippen molar-refractivity contribution in [2.24, 2.45) is 5.92 Å². The lowest BCUT2D eigenvalue weighted by molar-refractivity contribution is 0.0910. The van der Waals surface area contributed by atoms with E-state index in [1.54, 1.807) is 0 Å². The molecule has 0 spiro atoms. The Labute approximate surface area is 116 Å². The lowest BCUT2D eigenvalue weighted by atomic mass is 9.84. The second-order valence-electron chi connectivity index (χ2n) is 5.56. The summed E-state index contributed by atoms with van der Waals surface area (Å²) in [6.07, 6.45) is 8.49. The van der Waals surface area contributed by atoms with Crippen LogP contribution in [-0.4, -0.2) is 11.7 Å². The van der Waals surface area contributed by atoms with Crippen molar-refractivity contribution in [2.75, 3.05) is 6.61 Å². The van der Waals surface area contributed by atoms with Gasteiger partial charge in [-0.1, -0.05) is 44.2 Å². The Kier molecular flexibility index (Phi) is 5.71. The molecule has 0 radical (unpaired) electrons. The van der Waals surface area contributed by atoms with Crippen molar-refractivity contribution >= 4 is 0 Å². The van der Waals surface area contributed by atoms with Gasteiger partial charge in [0.1, 0.15) is 5.75 Å². The molecule has 1 saturated carbocycles. The number of hydrogen-bond acceptors (Lipinski definition) is 2. The Morgan fingerprint density at radius 3 is 2.53 bits per heavy atom. The van der Waals surface area contributed by atoms with Gasteiger partial charge < -0.3 is 9.84 Å². The fourth-order valence-electron chi connectivity index (χ4n) is 3.03. The summed E-state index contributed by atoms with van der Waals surface area (Å²) in [4.78, 5) is 0. The fraction of sp³-hybridized carbons (Fsp3) is 0.647. The molecule has 1 atom stereocenters. The van der Waals surface area contributed by atoms with E-state index in [-0.39, 0.29) is 6.10 Å². The molecule has 1 N–H and O–H groups in total. The first kappa shape index (κ1) is 14.4. The highest BCUT2D eigenvalue weighted by Crippen LogP contribution is 2.33. The van der Waals surface area contributed by atoms with Crippen LogP contribution in [0.2, 0.25) is 0 Å². The van der Waals surface area contributed by atoms with Gasteiger partial charge in [-0.3, -0.25) is 0 Å². The largest absolute Gasteiger partial charge is 0.494 e. The van der Waals surface area contributed by atoms with Gasteiger partial charge in [-0.25, -0.2) is 0 Å². The lowest BCUT2D eigenvalue weighted by Gasteiger charge is -2.25. The summed E-state index contributed by atoms with van der Waals surface area (Å²) in [5, 5.41) is 10.6. The van der Waals surface area contributed by atoms with Crippen molar-refractivity contribution in [2.45, 2.75) is 58.0 Å². The Balaban J connectivity index is 2.03. The number of rotatable bonds is 4. The molecule has 1 unspecified atom stereocenters. The fourth-order valence-corrected chi connectivity index (χ4v) is 3.03. The first-order valence-electron chi connectivity index (χ1n) is 7.72. The summed E-state index contributed by atoms with van der Waals surface area (Å²) in [6.45, 7) is 2.65. The van der Waals surface area contributed by atoms with E-state index >= 15 is 0 Å². The van der Waals surface area contributed by atoms with Crippen LogP contribution in [0.25, 0.3) is 0 Å². The molecule has 2 heteroatoms. The monoisotopic (exact) mass is 262 g/mol. The van der Waals surface area contributed by atoms with Gasteiger partial charge in [-0.2, -0.15) is 0 Å². The smallest absolute Gasteiger partial charge is 0.119 e. The predicted octanol–water partition coefficient (Wildman–Crippen LogP) is 4.48. The van der Waals surface area contributed by atoms with E-state index in [0.717, 1.165) is 24.2 Å². The maximum atomic E-state index is 10.6. The summed E-state index contributed by atoms with van der Waals surface area (Å²) in [6, 6.07) is 7.95. The minimum absolute atomic E-state index is 0.335. The first-order chi connectivity index (χ1) is 9.31. The molecule has 1 aromatic carbocycles.